The summed E-state index contributed by atoms with van der Waals surface area (Å²) < 4.78 is 39.3. The van der Waals surface area contributed by atoms with Crippen molar-refractivity contribution in [2.75, 3.05) is 7.11 Å². The second-order valence-corrected chi connectivity index (χ2v) is 5.90. The van der Waals surface area contributed by atoms with Gasteiger partial charge in [-0.15, -0.1) is 0 Å². The van der Waals surface area contributed by atoms with E-state index >= 15 is 0 Å². The highest BCUT2D eigenvalue weighted by Gasteiger charge is 2.13. The van der Waals surface area contributed by atoms with E-state index in [2.05, 4.69) is 47.4 Å². The predicted octanol–water partition coefficient (Wildman–Crippen LogP) is 2.77. The van der Waals surface area contributed by atoms with Gasteiger partial charge >= 0.3 is 10.4 Å². The van der Waals surface area contributed by atoms with Gasteiger partial charge in [0.05, 0.1) is 12.9 Å². The Balaban J connectivity index is 0.000000368. The molecule has 1 unspecified atom stereocenters. The fraction of sp³-hybridized carbons (Fsp3) is 0.188. The number of ether oxygens (including phenoxy) is 1. The van der Waals surface area contributed by atoms with Crippen LogP contribution in [0.2, 0.25) is 0 Å². The number of fused-ring (bicyclic) bond motifs is 1. The van der Waals surface area contributed by atoms with Crippen molar-refractivity contribution in [3.05, 3.63) is 66.7 Å². The second-order valence-electron chi connectivity index (χ2n) is 5.00. The number of benzene rings is 2. The van der Waals surface area contributed by atoms with Gasteiger partial charge in [-0.1, -0.05) is 42.5 Å². The molecule has 0 saturated heterocycles. The zero-order chi connectivity index (χ0) is 17.6. The van der Waals surface area contributed by atoms with Crippen LogP contribution in [-0.2, 0) is 21.7 Å². The molecule has 2 aromatic carbocycles. The average molecular weight is 350 g/mol. The van der Waals surface area contributed by atoms with Gasteiger partial charge in [0.2, 0.25) is 0 Å². The third-order valence-corrected chi connectivity index (χ3v) is 3.39. The molecule has 0 spiro atoms. The second kappa shape index (κ2) is 8.02. The number of nitrogens with zero attached hydrogens (tertiary/aromatic N) is 2. The molecule has 0 aliphatic rings. The molecule has 128 valence electrons. The maximum atomic E-state index is 8.74. The molecule has 0 saturated carbocycles. The first kappa shape index (κ1) is 18.1. The van der Waals surface area contributed by atoms with Crippen LogP contribution in [0.15, 0.2) is 61.2 Å². The Labute approximate surface area is 140 Å². The zero-order valence-electron chi connectivity index (χ0n) is 13.0. The van der Waals surface area contributed by atoms with Crippen molar-refractivity contribution in [2.24, 2.45) is 0 Å². The largest absolute Gasteiger partial charge is 0.394 e. The maximum absolute atomic E-state index is 8.74. The van der Waals surface area contributed by atoms with Gasteiger partial charge in [-0.05, 0) is 16.3 Å². The number of hydrogen-bond acceptors (Lipinski definition) is 4. The molecule has 0 amide bonds. The number of aromatic nitrogens is 2. The van der Waals surface area contributed by atoms with Crippen LogP contribution < -0.4 is 0 Å². The Hall–Kier alpha value is -2.26. The number of imidazole rings is 1. The summed E-state index contributed by atoms with van der Waals surface area (Å²) >= 11 is 0. The molecule has 2 N–H and O–H groups in total. The van der Waals surface area contributed by atoms with Gasteiger partial charge < -0.3 is 9.30 Å². The zero-order valence-corrected chi connectivity index (χ0v) is 13.8. The minimum Gasteiger partial charge on any atom is -0.375 e. The van der Waals surface area contributed by atoms with Crippen molar-refractivity contribution in [1.29, 1.82) is 0 Å². The summed E-state index contributed by atoms with van der Waals surface area (Å²) in [6.45, 7) is 0.768. The Kier molecular flexibility index (Phi) is 6.04. The predicted molar refractivity (Wildman–Crippen MR) is 90.1 cm³/mol. The van der Waals surface area contributed by atoms with Crippen molar-refractivity contribution < 1.29 is 22.3 Å². The van der Waals surface area contributed by atoms with Gasteiger partial charge in [0.25, 0.3) is 0 Å². The molecule has 0 aliphatic heterocycles. The fourth-order valence-electron chi connectivity index (χ4n) is 2.42. The van der Waals surface area contributed by atoms with Crippen molar-refractivity contribution in [3.8, 4) is 0 Å². The van der Waals surface area contributed by atoms with E-state index in [0.717, 1.165) is 6.54 Å². The fourth-order valence-corrected chi connectivity index (χ4v) is 2.42. The lowest BCUT2D eigenvalue weighted by atomic mass is 10.0. The lowest BCUT2D eigenvalue weighted by molar-refractivity contribution is 0.0890. The molecule has 1 atom stereocenters. The standard InChI is InChI=1S/C16H16N2O.H2O4S/c1-19-16(11-18-10-9-17-12-18)15-8-4-6-13-5-2-3-7-14(13)15;1-5(2,3)4/h2-10,12,16H,11H2,1H3;(H2,1,2,3,4). The third kappa shape index (κ3) is 5.43. The molecule has 3 aromatic rings. The molecule has 0 bridgehead atoms. The Morgan fingerprint density at radius 3 is 2.46 bits per heavy atom. The Bertz CT molecular complexity index is 865. The molecule has 0 aliphatic carbocycles. The SMILES string of the molecule is COC(Cn1ccnc1)c1cccc2ccccc12.O=S(=O)(O)O. The van der Waals surface area contributed by atoms with Crippen LogP contribution in [-0.4, -0.2) is 34.2 Å². The molecule has 1 aromatic heterocycles. The van der Waals surface area contributed by atoms with E-state index in [0.29, 0.717) is 0 Å². The van der Waals surface area contributed by atoms with Crippen molar-refractivity contribution in [2.45, 2.75) is 12.6 Å². The third-order valence-electron chi connectivity index (χ3n) is 3.39. The maximum Gasteiger partial charge on any atom is 0.394 e. The molecule has 0 fully saturated rings. The quantitative estimate of drug-likeness (QED) is 0.702. The highest BCUT2D eigenvalue weighted by molar-refractivity contribution is 7.79. The highest BCUT2D eigenvalue weighted by Crippen LogP contribution is 2.27. The molecular weight excluding hydrogens is 332 g/mol. The van der Waals surface area contributed by atoms with Crippen LogP contribution in [0.25, 0.3) is 10.8 Å². The molecule has 3 rings (SSSR count). The van der Waals surface area contributed by atoms with Crippen molar-refractivity contribution >= 4 is 21.2 Å². The summed E-state index contributed by atoms with van der Waals surface area (Å²) in [5, 5.41) is 2.49. The first-order chi connectivity index (χ1) is 11.4. The smallest absolute Gasteiger partial charge is 0.375 e. The molecular formula is C16H18N2O5S. The van der Waals surface area contributed by atoms with Crippen LogP contribution in [0, 0.1) is 0 Å². The summed E-state index contributed by atoms with van der Waals surface area (Å²) in [6, 6.07) is 14.7. The summed E-state index contributed by atoms with van der Waals surface area (Å²) in [7, 11) is -2.91. The molecule has 1 heterocycles. The average Bonchev–Trinajstić information content (AvgIpc) is 3.04. The van der Waals surface area contributed by atoms with Crippen LogP contribution in [0.5, 0.6) is 0 Å². The topological polar surface area (TPSA) is 102 Å². The Morgan fingerprint density at radius 2 is 1.83 bits per heavy atom. The van der Waals surface area contributed by atoms with Gasteiger partial charge in [0.15, 0.2) is 0 Å². The summed E-state index contributed by atoms with van der Waals surface area (Å²) in [4.78, 5) is 4.07. The Morgan fingerprint density at radius 1 is 1.17 bits per heavy atom. The molecule has 7 nitrogen and oxygen atoms in total. The molecule has 8 heteroatoms. The van der Waals surface area contributed by atoms with E-state index in [1.807, 2.05) is 17.1 Å². The van der Waals surface area contributed by atoms with Crippen LogP contribution in [0.1, 0.15) is 11.7 Å². The lowest BCUT2D eigenvalue weighted by Gasteiger charge is -2.18. The van der Waals surface area contributed by atoms with Gasteiger partial charge in [-0.25, -0.2) is 4.98 Å². The van der Waals surface area contributed by atoms with Gasteiger partial charge in [0.1, 0.15) is 6.10 Å². The monoisotopic (exact) mass is 350 g/mol. The number of rotatable bonds is 4. The van der Waals surface area contributed by atoms with E-state index in [4.69, 9.17) is 22.3 Å². The lowest BCUT2D eigenvalue weighted by Crippen LogP contribution is -2.10. The first-order valence-corrected chi connectivity index (χ1v) is 8.44. The van der Waals surface area contributed by atoms with E-state index in [1.54, 1.807) is 13.3 Å². The van der Waals surface area contributed by atoms with Crippen molar-refractivity contribution in [3.63, 3.8) is 0 Å². The minimum absolute atomic E-state index is 0.0281. The normalized spacial score (nSPS) is 12.5. The number of methoxy groups -OCH3 is 1. The van der Waals surface area contributed by atoms with E-state index in [9.17, 15) is 0 Å². The van der Waals surface area contributed by atoms with Crippen LogP contribution in [0.3, 0.4) is 0 Å². The summed E-state index contributed by atoms with van der Waals surface area (Å²) in [5.74, 6) is 0. The van der Waals surface area contributed by atoms with Gasteiger partial charge in [-0.2, -0.15) is 8.42 Å². The van der Waals surface area contributed by atoms with Crippen LogP contribution >= 0.6 is 0 Å². The van der Waals surface area contributed by atoms with E-state index in [1.165, 1.54) is 16.3 Å². The van der Waals surface area contributed by atoms with E-state index < -0.39 is 10.4 Å². The van der Waals surface area contributed by atoms with Crippen LogP contribution in [0.4, 0.5) is 0 Å². The number of hydrogen-bond donors (Lipinski definition) is 2. The summed E-state index contributed by atoms with van der Waals surface area (Å²) in [5.41, 5.74) is 1.22. The first-order valence-electron chi connectivity index (χ1n) is 7.04. The van der Waals surface area contributed by atoms with Gasteiger partial charge in [0, 0.05) is 19.5 Å². The molecule has 24 heavy (non-hydrogen) atoms. The summed E-state index contributed by atoms with van der Waals surface area (Å²) in [6.07, 6.45) is 5.59. The highest BCUT2D eigenvalue weighted by atomic mass is 32.3. The van der Waals surface area contributed by atoms with E-state index in [-0.39, 0.29) is 6.10 Å². The minimum atomic E-state index is -4.67. The van der Waals surface area contributed by atoms with Crippen molar-refractivity contribution in [1.82, 2.24) is 9.55 Å². The molecule has 0 radical (unpaired) electrons. The van der Waals surface area contributed by atoms with Gasteiger partial charge in [-0.3, -0.25) is 9.11 Å².